The van der Waals surface area contributed by atoms with E-state index in [1.807, 2.05) is 20.8 Å². The van der Waals surface area contributed by atoms with Gasteiger partial charge in [-0.2, -0.15) is 0 Å². The zero-order valence-corrected chi connectivity index (χ0v) is 11.4. The van der Waals surface area contributed by atoms with E-state index in [1.165, 1.54) is 12.1 Å². The van der Waals surface area contributed by atoms with Crippen LogP contribution in [-0.2, 0) is 4.79 Å². The number of hydrogen-bond donors (Lipinski definition) is 0. The van der Waals surface area contributed by atoms with Crippen molar-refractivity contribution in [3.05, 3.63) is 30.1 Å². The zero-order valence-electron chi connectivity index (χ0n) is 11.4. The molecular formula is C15H22FNO. The predicted octanol–water partition coefficient (Wildman–Crippen LogP) is 3.66. The van der Waals surface area contributed by atoms with Crippen molar-refractivity contribution in [2.75, 3.05) is 18.0 Å². The van der Waals surface area contributed by atoms with E-state index in [4.69, 9.17) is 0 Å². The number of rotatable bonds is 7. The normalized spacial score (nSPS) is 11.3. The minimum absolute atomic E-state index is 0.234. The van der Waals surface area contributed by atoms with Gasteiger partial charge in [0.15, 0.2) is 0 Å². The van der Waals surface area contributed by atoms with Crippen LogP contribution in [0.1, 0.15) is 33.6 Å². The Morgan fingerprint density at radius 1 is 1.17 bits per heavy atom. The fourth-order valence-electron chi connectivity index (χ4n) is 2.10. The number of benzene rings is 1. The van der Waals surface area contributed by atoms with E-state index >= 15 is 0 Å². The van der Waals surface area contributed by atoms with Crippen LogP contribution >= 0.6 is 0 Å². The van der Waals surface area contributed by atoms with Gasteiger partial charge in [0.2, 0.25) is 0 Å². The molecule has 0 N–H and O–H groups in total. The first kappa shape index (κ1) is 14.7. The van der Waals surface area contributed by atoms with Crippen LogP contribution in [0.2, 0.25) is 0 Å². The predicted molar refractivity (Wildman–Crippen MR) is 73.4 cm³/mol. The van der Waals surface area contributed by atoms with Crippen LogP contribution in [-0.4, -0.2) is 19.4 Å². The second-order valence-electron chi connectivity index (χ2n) is 4.68. The second kappa shape index (κ2) is 6.53. The summed E-state index contributed by atoms with van der Waals surface area (Å²) >= 11 is 0. The molecular weight excluding hydrogens is 229 g/mol. The Labute approximate surface area is 109 Å². The monoisotopic (exact) mass is 251 g/mol. The van der Waals surface area contributed by atoms with Gasteiger partial charge < -0.3 is 9.69 Å². The zero-order chi connectivity index (χ0) is 13.6. The molecule has 3 heteroatoms. The topological polar surface area (TPSA) is 20.3 Å². The molecule has 0 atom stereocenters. The van der Waals surface area contributed by atoms with Gasteiger partial charge in [0.1, 0.15) is 12.1 Å². The molecule has 18 heavy (non-hydrogen) atoms. The molecule has 0 bridgehead atoms. The Bertz CT molecular complexity index is 371. The van der Waals surface area contributed by atoms with Gasteiger partial charge in [0.25, 0.3) is 0 Å². The molecule has 0 spiro atoms. The van der Waals surface area contributed by atoms with Crippen molar-refractivity contribution in [2.45, 2.75) is 33.6 Å². The molecule has 0 saturated heterocycles. The molecule has 1 aromatic rings. The van der Waals surface area contributed by atoms with Crippen LogP contribution in [0.5, 0.6) is 0 Å². The van der Waals surface area contributed by atoms with E-state index in [1.54, 1.807) is 12.1 Å². The first-order valence-corrected chi connectivity index (χ1v) is 6.57. The standard InChI is InChI=1S/C15H22FNO/c1-4-15(5-2,12-18)11-17(6-3)14-9-7-13(16)8-10-14/h7-10,12H,4-6,11H2,1-3H3. The Morgan fingerprint density at radius 3 is 2.11 bits per heavy atom. The van der Waals surface area contributed by atoms with Crippen LogP contribution in [0.3, 0.4) is 0 Å². The average Bonchev–Trinajstić information content (AvgIpc) is 2.42. The van der Waals surface area contributed by atoms with Crippen molar-refractivity contribution >= 4 is 12.0 Å². The van der Waals surface area contributed by atoms with Gasteiger partial charge >= 0.3 is 0 Å². The van der Waals surface area contributed by atoms with Gasteiger partial charge in [0.05, 0.1) is 0 Å². The lowest BCUT2D eigenvalue weighted by Gasteiger charge is -2.33. The number of carbonyl (C=O) groups excluding carboxylic acids is 1. The van der Waals surface area contributed by atoms with E-state index in [0.29, 0.717) is 6.54 Å². The van der Waals surface area contributed by atoms with Gasteiger partial charge in [-0.1, -0.05) is 13.8 Å². The number of hydrogen-bond acceptors (Lipinski definition) is 2. The molecule has 0 radical (unpaired) electrons. The number of carbonyl (C=O) groups is 1. The van der Waals surface area contributed by atoms with Crippen LogP contribution in [0.15, 0.2) is 24.3 Å². The van der Waals surface area contributed by atoms with Crippen molar-refractivity contribution in [3.8, 4) is 0 Å². The fraction of sp³-hybridized carbons (Fsp3) is 0.533. The van der Waals surface area contributed by atoms with E-state index in [9.17, 15) is 9.18 Å². The highest BCUT2D eigenvalue weighted by molar-refractivity contribution is 5.61. The maximum atomic E-state index is 12.9. The molecule has 0 saturated carbocycles. The van der Waals surface area contributed by atoms with Gasteiger partial charge in [-0.25, -0.2) is 4.39 Å². The average molecular weight is 251 g/mol. The first-order chi connectivity index (χ1) is 8.60. The molecule has 0 aromatic heterocycles. The molecule has 0 aliphatic rings. The maximum Gasteiger partial charge on any atom is 0.127 e. The van der Waals surface area contributed by atoms with Gasteiger partial charge in [-0.05, 0) is 44.0 Å². The largest absolute Gasteiger partial charge is 0.371 e. The first-order valence-electron chi connectivity index (χ1n) is 6.57. The number of nitrogens with zero attached hydrogens (tertiary/aromatic N) is 1. The number of halogens is 1. The van der Waals surface area contributed by atoms with Gasteiger partial charge in [-0.3, -0.25) is 0 Å². The highest BCUT2D eigenvalue weighted by Gasteiger charge is 2.28. The SMILES string of the molecule is CCN(CC(C=O)(CC)CC)c1ccc(F)cc1. The smallest absolute Gasteiger partial charge is 0.127 e. The number of aldehydes is 1. The molecule has 2 nitrogen and oxygen atoms in total. The minimum Gasteiger partial charge on any atom is -0.371 e. The third kappa shape index (κ3) is 3.31. The highest BCUT2D eigenvalue weighted by atomic mass is 19.1. The van der Waals surface area contributed by atoms with Crippen molar-refractivity contribution < 1.29 is 9.18 Å². The van der Waals surface area contributed by atoms with Crippen molar-refractivity contribution in [3.63, 3.8) is 0 Å². The number of anilines is 1. The molecule has 0 fully saturated rings. The molecule has 0 aliphatic heterocycles. The highest BCUT2D eigenvalue weighted by Crippen LogP contribution is 2.27. The second-order valence-corrected chi connectivity index (χ2v) is 4.68. The van der Waals surface area contributed by atoms with Crippen molar-refractivity contribution in [2.24, 2.45) is 5.41 Å². The summed E-state index contributed by atoms with van der Waals surface area (Å²) in [5, 5.41) is 0. The van der Waals surface area contributed by atoms with E-state index in [2.05, 4.69) is 4.90 Å². The summed E-state index contributed by atoms with van der Waals surface area (Å²) in [5.41, 5.74) is 0.664. The van der Waals surface area contributed by atoms with Crippen LogP contribution in [0.25, 0.3) is 0 Å². The molecule has 1 rings (SSSR count). The summed E-state index contributed by atoms with van der Waals surface area (Å²) in [7, 11) is 0. The quantitative estimate of drug-likeness (QED) is 0.689. The van der Waals surface area contributed by atoms with E-state index in [0.717, 1.165) is 31.4 Å². The lowest BCUT2D eigenvalue weighted by Crippen LogP contribution is -2.38. The molecule has 0 unspecified atom stereocenters. The van der Waals surface area contributed by atoms with Crippen molar-refractivity contribution in [1.29, 1.82) is 0 Å². The van der Waals surface area contributed by atoms with Crippen molar-refractivity contribution in [1.82, 2.24) is 0 Å². The van der Waals surface area contributed by atoms with Gasteiger partial charge in [-0.15, -0.1) is 0 Å². The summed E-state index contributed by atoms with van der Waals surface area (Å²) in [4.78, 5) is 13.5. The van der Waals surface area contributed by atoms with Gasteiger partial charge in [0, 0.05) is 24.2 Å². The summed E-state index contributed by atoms with van der Waals surface area (Å²) in [6.45, 7) is 7.61. The maximum absolute atomic E-state index is 12.9. The lowest BCUT2D eigenvalue weighted by atomic mass is 9.83. The summed E-state index contributed by atoms with van der Waals surface area (Å²) in [6, 6.07) is 6.44. The van der Waals surface area contributed by atoms with E-state index in [-0.39, 0.29) is 11.2 Å². The Kier molecular flexibility index (Phi) is 5.32. The van der Waals surface area contributed by atoms with E-state index < -0.39 is 0 Å². The Balaban J connectivity index is 2.90. The Morgan fingerprint density at radius 2 is 1.72 bits per heavy atom. The Hall–Kier alpha value is -1.38. The summed E-state index contributed by atoms with van der Waals surface area (Å²) in [5.74, 6) is -0.234. The van der Waals surface area contributed by atoms with Crippen LogP contribution in [0, 0.1) is 11.2 Å². The molecule has 1 aromatic carbocycles. The van der Waals surface area contributed by atoms with Crippen LogP contribution in [0.4, 0.5) is 10.1 Å². The summed E-state index contributed by atoms with van der Waals surface area (Å²) in [6.07, 6.45) is 2.72. The lowest BCUT2D eigenvalue weighted by molar-refractivity contribution is -0.116. The van der Waals surface area contributed by atoms with Crippen LogP contribution < -0.4 is 4.90 Å². The minimum atomic E-state index is -0.301. The molecule has 0 heterocycles. The summed E-state index contributed by atoms with van der Waals surface area (Å²) < 4.78 is 12.9. The molecule has 0 aliphatic carbocycles. The fourth-order valence-corrected chi connectivity index (χ4v) is 2.10. The molecule has 0 amide bonds. The third-order valence-corrected chi connectivity index (χ3v) is 3.74. The third-order valence-electron chi connectivity index (χ3n) is 3.74. The molecule has 100 valence electrons.